The van der Waals surface area contributed by atoms with Crippen LogP contribution >= 0.6 is 0 Å². The summed E-state index contributed by atoms with van der Waals surface area (Å²) in [7, 11) is 0. The van der Waals surface area contributed by atoms with E-state index in [0.717, 1.165) is 29.9 Å². The Balaban J connectivity index is 1.28. The van der Waals surface area contributed by atoms with Gasteiger partial charge >= 0.3 is 0 Å². The fourth-order valence-corrected chi connectivity index (χ4v) is 8.34. The third kappa shape index (κ3) is 2.65. The largest absolute Gasteiger partial charge is 0.456 e. The molecule has 1 heteroatoms. The summed E-state index contributed by atoms with van der Waals surface area (Å²) < 4.78 is 6.40. The molecule has 4 aliphatic rings. The molecule has 0 radical (unpaired) electrons. The highest BCUT2D eigenvalue weighted by molar-refractivity contribution is 6.10. The van der Waals surface area contributed by atoms with Crippen LogP contribution in [0.2, 0.25) is 0 Å². The highest BCUT2D eigenvalue weighted by Crippen LogP contribution is 2.64. The zero-order valence-corrected chi connectivity index (χ0v) is 23.0. The molecule has 1 unspecified atom stereocenters. The van der Waals surface area contributed by atoms with Gasteiger partial charge in [-0.05, 0) is 92.1 Å². The number of fused-ring (bicyclic) bond motifs is 12. The van der Waals surface area contributed by atoms with Crippen molar-refractivity contribution in [1.29, 1.82) is 0 Å². The van der Waals surface area contributed by atoms with Crippen molar-refractivity contribution in [2.24, 2.45) is 0 Å². The average Bonchev–Trinajstić information content (AvgIpc) is 3.52. The first-order valence-electron chi connectivity index (χ1n) is 14.9. The zero-order valence-electron chi connectivity index (χ0n) is 23.0. The van der Waals surface area contributed by atoms with E-state index in [2.05, 4.69) is 133 Å². The molecular formula is C41H26O. The molecular weight excluding hydrogens is 508 g/mol. The lowest BCUT2D eigenvalue weighted by Crippen LogP contribution is -2.26. The van der Waals surface area contributed by atoms with Gasteiger partial charge in [-0.25, -0.2) is 0 Å². The van der Waals surface area contributed by atoms with Crippen molar-refractivity contribution in [2.45, 2.75) is 18.3 Å². The van der Waals surface area contributed by atoms with Crippen LogP contribution in [0.4, 0.5) is 0 Å². The second-order valence-electron chi connectivity index (χ2n) is 11.9. The highest BCUT2D eigenvalue weighted by atomic mass is 16.5. The van der Waals surface area contributed by atoms with Crippen LogP contribution in [0.1, 0.15) is 35.1 Å². The van der Waals surface area contributed by atoms with Gasteiger partial charge in [-0.3, -0.25) is 0 Å². The Hall–Kier alpha value is -5.14. The summed E-state index contributed by atoms with van der Waals surface area (Å²) in [6.07, 6.45) is 7.18. The van der Waals surface area contributed by atoms with Gasteiger partial charge in [-0.15, -0.1) is 0 Å². The van der Waals surface area contributed by atoms with Crippen molar-refractivity contribution in [3.63, 3.8) is 0 Å². The Morgan fingerprint density at radius 2 is 1.21 bits per heavy atom. The Kier molecular flexibility index (Phi) is 4.29. The van der Waals surface area contributed by atoms with Gasteiger partial charge in [0.05, 0.1) is 5.41 Å². The van der Waals surface area contributed by atoms with Crippen LogP contribution in [-0.2, 0) is 5.41 Å². The fourth-order valence-electron chi connectivity index (χ4n) is 8.34. The number of hydrogen-bond acceptors (Lipinski definition) is 1. The van der Waals surface area contributed by atoms with Crippen LogP contribution in [0.3, 0.4) is 0 Å². The van der Waals surface area contributed by atoms with Gasteiger partial charge in [0.1, 0.15) is 11.5 Å². The lowest BCUT2D eigenvalue weighted by atomic mass is 9.69. The fraction of sp³-hybridized carbons (Fsp3) is 0.0732. The number of rotatable bonds is 1. The molecule has 6 aromatic rings. The third-order valence-corrected chi connectivity index (χ3v) is 9.92. The molecule has 0 saturated carbocycles. The minimum Gasteiger partial charge on any atom is -0.456 e. The van der Waals surface area contributed by atoms with Crippen LogP contribution in [0.25, 0.3) is 49.7 Å². The van der Waals surface area contributed by atoms with E-state index in [1.807, 2.05) is 0 Å². The first-order valence-corrected chi connectivity index (χ1v) is 14.9. The van der Waals surface area contributed by atoms with Crippen molar-refractivity contribution in [3.05, 3.63) is 161 Å². The molecule has 0 bridgehead atoms. The van der Waals surface area contributed by atoms with Crippen molar-refractivity contribution >= 4 is 16.3 Å². The maximum atomic E-state index is 6.40. The number of allylic oxidation sites excluding steroid dienone is 4. The molecule has 0 fully saturated rings. The average molecular weight is 535 g/mol. The second-order valence-corrected chi connectivity index (χ2v) is 11.9. The number of benzene rings is 6. The second kappa shape index (κ2) is 7.99. The molecule has 6 aromatic carbocycles. The summed E-state index contributed by atoms with van der Waals surface area (Å²) in [6.45, 7) is 0. The van der Waals surface area contributed by atoms with Gasteiger partial charge in [0.25, 0.3) is 0 Å². The van der Waals surface area contributed by atoms with E-state index < -0.39 is 0 Å². The molecule has 0 aromatic heterocycles. The van der Waals surface area contributed by atoms with E-state index in [-0.39, 0.29) is 5.41 Å². The van der Waals surface area contributed by atoms with Gasteiger partial charge in [0.15, 0.2) is 0 Å². The molecule has 0 amide bonds. The number of ether oxygens (including phenoxy) is 1. The molecule has 0 N–H and O–H groups in total. The zero-order chi connectivity index (χ0) is 27.4. The van der Waals surface area contributed by atoms with Crippen molar-refractivity contribution in [3.8, 4) is 44.9 Å². The van der Waals surface area contributed by atoms with Crippen molar-refractivity contribution in [1.82, 2.24) is 0 Å². The summed E-state index contributed by atoms with van der Waals surface area (Å²) in [5, 5.41) is 2.40. The lowest BCUT2D eigenvalue weighted by molar-refractivity contribution is 0.487. The smallest absolute Gasteiger partial charge is 0.135 e. The van der Waals surface area contributed by atoms with E-state index in [1.165, 1.54) is 72.0 Å². The van der Waals surface area contributed by atoms with Crippen molar-refractivity contribution < 1.29 is 4.74 Å². The van der Waals surface area contributed by atoms with Gasteiger partial charge in [0, 0.05) is 16.5 Å². The molecule has 3 aliphatic carbocycles. The first-order chi connectivity index (χ1) is 20.8. The van der Waals surface area contributed by atoms with E-state index in [1.54, 1.807) is 0 Å². The van der Waals surface area contributed by atoms with E-state index in [0.29, 0.717) is 0 Å². The van der Waals surface area contributed by atoms with Crippen LogP contribution in [-0.4, -0.2) is 0 Å². The molecule has 42 heavy (non-hydrogen) atoms. The Morgan fingerprint density at radius 3 is 2.12 bits per heavy atom. The Bertz CT molecular complexity index is 2230. The quantitative estimate of drug-likeness (QED) is 0.204. The maximum Gasteiger partial charge on any atom is 0.135 e. The summed E-state index contributed by atoms with van der Waals surface area (Å²) in [5.74, 6) is 1.85. The van der Waals surface area contributed by atoms with Gasteiger partial charge in [0.2, 0.25) is 0 Å². The Labute approximate surface area is 245 Å². The van der Waals surface area contributed by atoms with E-state index in [9.17, 15) is 0 Å². The molecule has 196 valence electrons. The van der Waals surface area contributed by atoms with Gasteiger partial charge in [-0.2, -0.15) is 0 Å². The summed E-state index contributed by atoms with van der Waals surface area (Å²) in [4.78, 5) is 0. The SMILES string of the molecule is C1=C2C(=CCC1)C1(c3ccccc32)c2ccccc2-c2cc(-c3ccc4cccc5c4c3-c3ccccc3O5)ccc21. The minimum atomic E-state index is -0.265. The topological polar surface area (TPSA) is 9.23 Å². The molecule has 1 atom stereocenters. The predicted octanol–water partition coefficient (Wildman–Crippen LogP) is 10.7. The third-order valence-electron chi connectivity index (χ3n) is 9.92. The summed E-state index contributed by atoms with van der Waals surface area (Å²) in [5.41, 5.74) is 15.8. The van der Waals surface area contributed by atoms with Crippen LogP contribution in [0.15, 0.2) is 139 Å². The molecule has 1 heterocycles. The monoisotopic (exact) mass is 534 g/mol. The normalized spacial score (nSPS) is 18.4. The Morgan fingerprint density at radius 1 is 0.500 bits per heavy atom. The standard InChI is InChI=1S/C41H26O/c1-5-15-33-28(11-1)29-12-2-6-16-34(29)41(33)35-17-7-3-13-30(35)32-24-26(21-23-36(32)41)27-22-20-25-10-9-19-38-39(25)40(27)31-14-4-8-18-37(31)42-38/h1,3-5,7-24H,2,6H2. The van der Waals surface area contributed by atoms with Crippen LogP contribution in [0.5, 0.6) is 11.5 Å². The van der Waals surface area contributed by atoms with Crippen molar-refractivity contribution in [2.75, 3.05) is 0 Å². The van der Waals surface area contributed by atoms with E-state index >= 15 is 0 Å². The summed E-state index contributed by atoms with van der Waals surface area (Å²) in [6, 6.07) is 44.8. The highest BCUT2D eigenvalue weighted by Gasteiger charge is 2.53. The minimum absolute atomic E-state index is 0.265. The molecule has 0 saturated heterocycles. The predicted molar refractivity (Wildman–Crippen MR) is 172 cm³/mol. The number of hydrogen-bond donors (Lipinski definition) is 0. The molecule has 1 aliphatic heterocycles. The maximum absolute atomic E-state index is 6.40. The number of para-hydroxylation sites is 1. The summed E-state index contributed by atoms with van der Waals surface area (Å²) >= 11 is 0. The van der Waals surface area contributed by atoms with Crippen LogP contribution < -0.4 is 4.74 Å². The first kappa shape index (κ1) is 22.5. The van der Waals surface area contributed by atoms with E-state index in [4.69, 9.17) is 4.74 Å². The molecule has 1 spiro atoms. The molecule has 1 nitrogen and oxygen atoms in total. The lowest BCUT2D eigenvalue weighted by Gasteiger charge is -2.31. The van der Waals surface area contributed by atoms with Gasteiger partial charge < -0.3 is 4.74 Å². The molecule has 10 rings (SSSR count). The van der Waals surface area contributed by atoms with Crippen LogP contribution in [0, 0.1) is 0 Å². The van der Waals surface area contributed by atoms with Gasteiger partial charge in [-0.1, -0.05) is 115 Å².